The number of fused-ring (bicyclic) bond motifs is 1. The molecule has 3 rings (SSSR count). The molecule has 2 N–H and O–H groups in total. The molecule has 0 unspecified atom stereocenters. The summed E-state index contributed by atoms with van der Waals surface area (Å²) < 4.78 is 1.98. The maximum atomic E-state index is 5.75. The summed E-state index contributed by atoms with van der Waals surface area (Å²) in [5, 5.41) is 8.26. The molecule has 0 aromatic carbocycles. The molecule has 0 atom stereocenters. The topological polar surface area (TPSA) is 69.1 Å². The van der Waals surface area contributed by atoms with Crippen molar-refractivity contribution in [2.45, 2.75) is 18.3 Å². The molecule has 72 valence electrons. The van der Waals surface area contributed by atoms with Gasteiger partial charge < -0.3 is 5.73 Å². The van der Waals surface area contributed by atoms with Gasteiger partial charge >= 0.3 is 0 Å². The fourth-order valence-corrected chi connectivity index (χ4v) is 1.78. The van der Waals surface area contributed by atoms with Gasteiger partial charge in [0, 0.05) is 24.4 Å². The van der Waals surface area contributed by atoms with Gasteiger partial charge in [-0.3, -0.25) is 9.38 Å². The number of aromatic nitrogens is 4. The van der Waals surface area contributed by atoms with E-state index in [0.717, 1.165) is 24.3 Å². The van der Waals surface area contributed by atoms with Crippen LogP contribution in [0, 0.1) is 0 Å². The molecule has 2 heterocycles. The molecule has 0 radical (unpaired) electrons. The molecule has 14 heavy (non-hydrogen) atoms. The summed E-state index contributed by atoms with van der Waals surface area (Å²) in [6, 6.07) is 0. The first-order valence-electron chi connectivity index (χ1n) is 4.71. The minimum atomic E-state index is 0.0841. The molecule has 1 fully saturated rings. The van der Waals surface area contributed by atoms with Gasteiger partial charge in [0.2, 0.25) is 0 Å². The highest BCUT2D eigenvalue weighted by molar-refractivity contribution is 5.37. The Labute approximate surface area is 81.0 Å². The fraction of sp³-hybridized carbons (Fsp3) is 0.444. The van der Waals surface area contributed by atoms with E-state index < -0.39 is 0 Å². The Morgan fingerprint density at radius 1 is 1.43 bits per heavy atom. The van der Waals surface area contributed by atoms with Crippen LogP contribution in [0.25, 0.3) is 5.65 Å². The largest absolute Gasteiger partial charge is 0.329 e. The quantitative estimate of drug-likeness (QED) is 0.728. The van der Waals surface area contributed by atoms with E-state index in [1.807, 2.05) is 10.6 Å². The number of hydrogen-bond donors (Lipinski definition) is 1. The van der Waals surface area contributed by atoms with Crippen LogP contribution < -0.4 is 5.73 Å². The van der Waals surface area contributed by atoms with Gasteiger partial charge in [-0.1, -0.05) is 0 Å². The molecule has 0 spiro atoms. The third kappa shape index (κ3) is 0.899. The van der Waals surface area contributed by atoms with Crippen molar-refractivity contribution in [1.82, 2.24) is 19.6 Å². The number of hydrogen-bond acceptors (Lipinski definition) is 4. The summed E-state index contributed by atoms with van der Waals surface area (Å²) in [6.07, 6.45) is 7.58. The van der Waals surface area contributed by atoms with Crippen LogP contribution in [-0.4, -0.2) is 26.1 Å². The van der Waals surface area contributed by atoms with Crippen molar-refractivity contribution in [3.8, 4) is 0 Å². The van der Waals surface area contributed by atoms with Crippen LogP contribution in [-0.2, 0) is 5.41 Å². The van der Waals surface area contributed by atoms with E-state index in [-0.39, 0.29) is 5.41 Å². The fourth-order valence-electron chi connectivity index (χ4n) is 1.78. The van der Waals surface area contributed by atoms with E-state index in [1.165, 1.54) is 0 Å². The first-order chi connectivity index (χ1) is 6.86. The van der Waals surface area contributed by atoms with E-state index in [1.54, 1.807) is 12.4 Å². The van der Waals surface area contributed by atoms with Gasteiger partial charge in [-0.2, -0.15) is 0 Å². The van der Waals surface area contributed by atoms with Crippen molar-refractivity contribution in [1.29, 1.82) is 0 Å². The molecular weight excluding hydrogens is 178 g/mol. The van der Waals surface area contributed by atoms with E-state index in [0.29, 0.717) is 6.54 Å². The zero-order valence-electron chi connectivity index (χ0n) is 7.72. The first kappa shape index (κ1) is 7.87. The Morgan fingerprint density at radius 3 is 3.00 bits per heavy atom. The second-order valence-corrected chi connectivity index (χ2v) is 3.81. The molecule has 0 amide bonds. The zero-order valence-corrected chi connectivity index (χ0v) is 7.72. The molecule has 0 saturated heterocycles. The van der Waals surface area contributed by atoms with Crippen molar-refractivity contribution in [2.24, 2.45) is 5.73 Å². The minimum absolute atomic E-state index is 0.0841. The molecule has 0 bridgehead atoms. The van der Waals surface area contributed by atoms with E-state index in [4.69, 9.17) is 5.73 Å². The average Bonchev–Trinajstić information content (AvgIpc) is 2.91. The molecule has 2 aromatic rings. The summed E-state index contributed by atoms with van der Waals surface area (Å²) in [6.45, 7) is 0.649. The maximum absolute atomic E-state index is 5.75. The third-order valence-electron chi connectivity index (χ3n) is 2.93. The first-order valence-corrected chi connectivity index (χ1v) is 4.71. The average molecular weight is 189 g/mol. The van der Waals surface area contributed by atoms with Gasteiger partial charge in [0.1, 0.15) is 5.82 Å². The lowest BCUT2D eigenvalue weighted by Gasteiger charge is -2.08. The van der Waals surface area contributed by atoms with Crippen molar-refractivity contribution < 1.29 is 0 Å². The van der Waals surface area contributed by atoms with Crippen molar-refractivity contribution >= 4 is 5.65 Å². The van der Waals surface area contributed by atoms with Crippen molar-refractivity contribution in [2.75, 3.05) is 6.54 Å². The molecule has 1 saturated carbocycles. The van der Waals surface area contributed by atoms with Crippen LogP contribution in [0.1, 0.15) is 18.7 Å². The minimum Gasteiger partial charge on any atom is -0.329 e. The summed E-state index contributed by atoms with van der Waals surface area (Å²) in [4.78, 5) is 4.00. The molecule has 5 heteroatoms. The predicted octanol–water partition coefficient (Wildman–Crippen LogP) is 0.115. The molecule has 5 nitrogen and oxygen atoms in total. The smallest absolute Gasteiger partial charge is 0.179 e. The zero-order chi connectivity index (χ0) is 9.60. The normalized spacial score (nSPS) is 18.6. The number of rotatable bonds is 2. The van der Waals surface area contributed by atoms with E-state index >= 15 is 0 Å². The van der Waals surface area contributed by atoms with Crippen LogP contribution in [0.5, 0.6) is 0 Å². The highest BCUT2D eigenvalue weighted by Gasteiger charge is 2.46. The highest BCUT2D eigenvalue weighted by Crippen LogP contribution is 2.46. The summed E-state index contributed by atoms with van der Waals surface area (Å²) in [5.74, 6) is 0.984. The Hall–Kier alpha value is -1.49. The Balaban J connectivity index is 2.22. The van der Waals surface area contributed by atoms with Gasteiger partial charge in [-0.25, -0.2) is 0 Å². The Morgan fingerprint density at radius 2 is 2.29 bits per heavy atom. The molecule has 1 aliphatic carbocycles. The lowest BCUT2D eigenvalue weighted by Crippen LogP contribution is -2.22. The van der Waals surface area contributed by atoms with Crippen LogP contribution in [0.3, 0.4) is 0 Å². The summed E-state index contributed by atoms with van der Waals surface area (Å²) in [7, 11) is 0. The van der Waals surface area contributed by atoms with Crippen LogP contribution >= 0.6 is 0 Å². The van der Waals surface area contributed by atoms with Crippen LogP contribution in [0.2, 0.25) is 0 Å². The van der Waals surface area contributed by atoms with Gasteiger partial charge in [0.25, 0.3) is 0 Å². The van der Waals surface area contributed by atoms with Crippen molar-refractivity contribution in [3.05, 3.63) is 24.4 Å². The number of nitrogens with zero attached hydrogens (tertiary/aromatic N) is 4. The van der Waals surface area contributed by atoms with Gasteiger partial charge in [-0.05, 0) is 12.8 Å². The number of nitrogens with two attached hydrogens (primary N) is 1. The SMILES string of the molecule is NCC1(c2nnc3cnccn23)CC1. The molecule has 1 aliphatic rings. The Kier molecular flexibility index (Phi) is 1.41. The second kappa shape index (κ2) is 2.51. The molecular formula is C9H11N5. The Bertz CT molecular complexity index is 471. The van der Waals surface area contributed by atoms with Gasteiger partial charge in [0.15, 0.2) is 5.65 Å². The van der Waals surface area contributed by atoms with Gasteiger partial charge in [0.05, 0.1) is 6.20 Å². The monoisotopic (exact) mass is 189 g/mol. The predicted molar refractivity (Wildman–Crippen MR) is 50.7 cm³/mol. The van der Waals surface area contributed by atoms with Crippen molar-refractivity contribution in [3.63, 3.8) is 0 Å². The lowest BCUT2D eigenvalue weighted by atomic mass is 10.1. The molecule has 0 aliphatic heterocycles. The van der Waals surface area contributed by atoms with E-state index in [9.17, 15) is 0 Å². The molecule has 2 aromatic heterocycles. The van der Waals surface area contributed by atoms with Crippen LogP contribution in [0.4, 0.5) is 0 Å². The van der Waals surface area contributed by atoms with Crippen LogP contribution in [0.15, 0.2) is 18.6 Å². The standard InChI is InChI=1S/C9H11N5/c10-6-9(1-2-9)8-13-12-7-5-11-3-4-14(7)8/h3-5H,1-2,6,10H2. The maximum Gasteiger partial charge on any atom is 0.179 e. The van der Waals surface area contributed by atoms with E-state index in [2.05, 4.69) is 15.2 Å². The highest BCUT2D eigenvalue weighted by atomic mass is 15.3. The summed E-state index contributed by atoms with van der Waals surface area (Å²) >= 11 is 0. The second-order valence-electron chi connectivity index (χ2n) is 3.81. The lowest BCUT2D eigenvalue weighted by molar-refractivity contribution is 0.639. The van der Waals surface area contributed by atoms with Gasteiger partial charge in [-0.15, -0.1) is 10.2 Å². The third-order valence-corrected chi connectivity index (χ3v) is 2.93. The summed E-state index contributed by atoms with van der Waals surface area (Å²) in [5.41, 5.74) is 6.63.